The van der Waals surface area contributed by atoms with Crippen molar-refractivity contribution in [2.24, 2.45) is 0 Å². The second-order valence-electron chi connectivity index (χ2n) is 5.75. The molecule has 8 nitrogen and oxygen atoms in total. The number of nitro benzene ring substituents is 1. The van der Waals surface area contributed by atoms with E-state index in [9.17, 15) is 19.7 Å². The van der Waals surface area contributed by atoms with Gasteiger partial charge in [0.1, 0.15) is 0 Å². The van der Waals surface area contributed by atoms with Gasteiger partial charge in [0, 0.05) is 18.8 Å². The maximum absolute atomic E-state index is 12.6. The zero-order valence-electron chi connectivity index (χ0n) is 14.4. The number of benzene rings is 1. The molecule has 2 amide bonds. The predicted octanol–water partition coefficient (Wildman–Crippen LogP) is 2.91. The number of nitrogens with zero attached hydrogens (tertiary/aromatic N) is 2. The number of hydrogen-bond acceptors (Lipinski definition) is 5. The molecular weight excluding hydrogens is 326 g/mol. The highest BCUT2D eigenvalue weighted by molar-refractivity contribution is 5.95. The molecular formula is C17H21N3O5. The highest BCUT2D eigenvalue weighted by Gasteiger charge is 2.37. The van der Waals surface area contributed by atoms with Crippen LogP contribution in [-0.2, 0) is 9.53 Å². The van der Waals surface area contributed by atoms with Crippen molar-refractivity contribution in [3.05, 3.63) is 51.2 Å². The Kier molecular flexibility index (Phi) is 5.74. The van der Waals surface area contributed by atoms with Crippen molar-refractivity contribution in [2.75, 3.05) is 13.7 Å². The number of nitro groups is 1. The molecule has 1 N–H and O–H groups in total. The van der Waals surface area contributed by atoms with Gasteiger partial charge in [-0.25, -0.2) is 9.59 Å². The van der Waals surface area contributed by atoms with Gasteiger partial charge in [-0.3, -0.25) is 10.1 Å². The van der Waals surface area contributed by atoms with Gasteiger partial charge < -0.3 is 15.0 Å². The van der Waals surface area contributed by atoms with E-state index in [-0.39, 0.29) is 23.4 Å². The van der Waals surface area contributed by atoms with Gasteiger partial charge in [-0.05, 0) is 19.4 Å². The fourth-order valence-corrected chi connectivity index (χ4v) is 2.62. The Morgan fingerprint density at radius 2 is 2.08 bits per heavy atom. The standard InChI is InChI=1S/C17H21N3O5/c1-4-5-10-25-16(21)14-11(2)19(3)17(22)18-15(14)12-8-6-7-9-13(12)20(23)24/h6-9,15H,4-5,10H2,1-3H3,(H,18,22). The van der Waals surface area contributed by atoms with Crippen LogP contribution in [0.2, 0.25) is 0 Å². The minimum Gasteiger partial charge on any atom is -0.462 e. The van der Waals surface area contributed by atoms with E-state index in [0.717, 1.165) is 12.8 Å². The van der Waals surface area contributed by atoms with E-state index in [2.05, 4.69) is 5.32 Å². The minimum atomic E-state index is -0.931. The topological polar surface area (TPSA) is 102 Å². The number of rotatable bonds is 6. The monoisotopic (exact) mass is 347 g/mol. The molecule has 134 valence electrons. The quantitative estimate of drug-likeness (QED) is 0.369. The highest BCUT2D eigenvalue weighted by atomic mass is 16.6. The molecule has 0 fully saturated rings. The summed E-state index contributed by atoms with van der Waals surface area (Å²) < 4.78 is 5.28. The van der Waals surface area contributed by atoms with E-state index >= 15 is 0 Å². The van der Waals surface area contributed by atoms with Crippen LogP contribution in [0.4, 0.5) is 10.5 Å². The van der Waals surface area contributed by atoms with Crippen molar-refractivity contribution in [1.82, 2.24) is 10.2 Å². The summed E-state index contributed by atoms with van der Waals surface area (Å²) in [5, 5.41) is 14.0. The normalized spacial score (nSPS) is 17.3. The van der Waals surface area contributed by atoms with Crippen molar-refractivity contribution >= 4 is 17.7 Å². The molecule has 1 atom stereocenters. The number of amides is 2. The van der Waals surface area contributed by atoms with Crippen LogP contribution in [0, 0.1) is 10.1 Å². The number of carbonyl (C=O) groups is 2. The fourth-order valence-electron chi connectivity index (χ4n) is 2.62. The summed E-state index contributed by atoms with van der Waals surface area (Å²) in [5.41, 5.74) is 0.695. The Morgan fingerprint density at radius 1 is 1.40 bits per heavy atom. The number of esters is 1. The molecule has 0 aromatic heterocycles. The molecule has 25 heavy (non-hydrogen) atoms. The summed E-state index contributed by atoms with van der Waals surface area (Å²) >= 11 is 0. The second kappa shape index (κ2) is 7.78. The lowest BCUT2D eigenvalue weighted by atomic mass is 9.94. The first-order valence-electron chi connectivity index (χ1n) is 8.03. The number of unbranched alkanes of at least 4 members (excludes halogenated alkanes) is 1. The second-order valence-corrected chi connectivity index (χ2v) is 5.75. The van der Waals surface area contributed by atoms with E-state index in [0.29, 0.717) is 5.70 Å². The summed E-state index contributed by atoms with van der Waals surface area (Å²) in [7, 11) is 1.53. The maximum atomic E-state index is 12.6. The summed E-state index contributed by atoms with van der Waals surface area (Å²) in [6.07, 6.45) is 1.59. The van der Waals surface area contributed by atoms with Gasteiger partial charge >= 0.3 is 12.0 Å². The van der Waals surface area contributed by atoms with Crippen molar-refractivity contribution in [1.29, 1.82) is 0 Å². The third-order valence-corrected chi connectivity index (χ3v) is 4.15. The van der Waals surface area contributed by atoms with Crippen LogP contribution in [0.5, 0.6) is 0 Å². The zero-order chi connectivity index (χ0) is 18.6. The number of urea groups is 1. The first-order valence-corrected chi connectivity index (χ1v) is 8.03. The van der Waals surface area contributed by atoms with Crippen molar-refractivity contribution in [2.45, 2.75) is 32.7 Å². The first kappa shape index (κ1) is 18.4. The third-order valence-electron chi connectivity index (χ3n) is 4.15. The van der Waals surface area contributed by atoms with Crippen LogP contribution < -0.4 is 5.32 Å². The Morgan fingerprint density at radius 3 is 2.72 bits per heavy atom. The van der Waals surface area contributed by atoms with Gasteiger partial charge in [0.25, 0.3) is 5.69 Å². The summed E-state index contributed by atoms with van der Waals surface area (Å²) in [6, 6.07) is 4.66. The number of ether oxygens (including phenoxy) is 1. The Bertz CT molecular complexity index is 729. The molecule has 0 radical (unpaired) electrons. The molecule has 1 aromatic rings. The van der Waals surface area contributed by atoms with Crippen molar-refractivity contribution in [3.63, 3.8) is 0 Å². The third kappa shape index (κ3) is 3.78. The van der Waals surface area contributed by atoms with E-state index in [1.165, 1.54) is 30.1 Å². The number of para-hydroxylation sites is 1. The molecule has 0 aliphatic carbocycles. The van der Waals surface area contributed by atoms with Crippen LogP contribution in [0.1, 0.15) is 38.3 Å². The first-order chi connectivity index (χ1) is 11.9. The minimum absolute atomic E-state index is 0.163. The van der Waals surface area contributed by atoms with Crippen LogP contribution >= 0.6 is 0 Å². The van der Waals surface area contributed by atoms with Gasteiger partial charge in [-0.15, -0.1) is 0 Å². The molecule has 0 spiro atoms. The lowest BCUT2D eigenvalue weighted by Gasteiger charge is -2.33. The number of hydrogen-bond donors (Lipinski definition) is 1. The molecule has 1 aliphatic heterocycles. The van der Waals surface area contributed by atoms with E-state index < -0.39 is 23.0 Å². The van der Waals surface area contributed by atoms with Gasteiger partial charge in [-0.1, -0.05) is 25.5 Å². The fraction of sp³-hybridized carbons (Fsp3) is 0.412. The molecule has 0 bridgehead atoms. The van der Waals surface area contributed by atoms with Gasteiger partial charge in [0.2, 0.25) is 0 Å². The lowest BCUT2D eigenvalue weighted by molar-refractivity contribution is -0.385. The molecule has 0 saturated carbocycles. The smallest absolute Gasteiger partial charge is 0.338 e. The summed E-state index contributed by atoms with van der Waals surface area (Å²) in [4.78, 5) is 36.8. The molecule has 1 aliphatic rings. The van der Waals surface area contributed by atoms with Crippen LogP contribution in [-0.4, -0.2) is 35.5 Å². The van der Waals surface area contributed by atoms with Crippen molar-refractivity contribution in [3.8, 4) is 0 Å². The number of carbonyl (C=O) groups excluding carboxylic acids is 2. The van der Waals surface area contributed by atoms with Crippen LogP contribution in [0.3, 0.4) is 0 Å². The van der Waals surface area contributed by atoms with Gasteiger partial charge in [-0.2, -0.15) is 0 Å². The Balaban J connectivity index is 2.49. The highest BCUT2D eigenvalue weighted by Crippen LogP contribution is 2.35. The van der Waals surface area contributed by atoms with Gasteiger partial charge in [0.15, 0.2) is 0 Å². The SMILES string of the molecule is CCCCOC(=O)C1=C(C)N(C)C(=O)NC1c1ccccc1[N+](=O)[O-]. The molecule has 0 saturated heterocycles. The molecule has 1 unspecified atom stereocenters. The van der Waals surface area contributed by atoms with Crippen LogP contribution in [0.15, 0.2) is 35.5 Å². The maximum Gasteiger partial charge on any atom is 0.338 e. The number of nitrogens with one attached hydrogen (secondary N) is 1. The molecule has 1 heterocycles. The summed E-state index contributed by atoms with van der Waals surface area (Å²) in [5.74, 6) is -0.582. The molecule has 1 aromatic carbocycles. The van der Waals surface area contributed by atoms with E-state index in [1.54, 1.807) is 13.0 Å². The number of allylic oxidation sites excluding steroid dienone is 1. The predicted molar refractivity (Wildman–Crippen MR) is 90.7 cm³/mol. The lowest BCUT2D eigenvalue weighted by Crippen LogP contribution is -2.46. The average molecular weight is 347 g/mol. The van der Waals surface area contributed by atoms with Gasteiger partial charge in [0.05, 0.1) is 28.7 Å². The van der Waals surface area contributed by atoms with Crippen LogP contribution in [0.25, 0.3) is 0 Å². The van der Waals surface area contributed by atoms with E-state index in [1.807, 2.05) is 6.92 Å². The largest absolute Gasteiger partial charge is 0.462 e. The molecule has 2 rings (SSSR count). The molecule has 8 heteroatoms. The van der Waals surface area contributed by atoms with Crippen molar-refractivity contribution < 1.29 is 19.2 Å². The Hall–Kier alpha value is -2.90. The average Bonchev–Trinajstić information content (AvgIpc) is 2.59. The zero-order valence-corrected chi connectivity index (χ0v) is 14.4. The Labute approximate surface area is 145 Å². The van der Waals surface area contributed by atoms with E-state index in [4.69, 9.17) is 4.74 Å². The summed E-state index contributed by atoms with van der Waals surface area (Å²) in [6.45, 7) is 3.85.